The molecule has 0 spiro atoms. The number of carbonyl (C=O) groups excluding carboxylic acids is 1. The van der Waals surface area contributed by atoms with Crippen LogP contribution in [0.25, 0.3) is 0 Å². The number of carbonyl (C=O) groups is 1. The molecule has 0 heterocycles. The molecule has 0 rings (SSSR count). The Labute approximate surface area is 84.3 Å². The van der Waals surface area contributed by atoms with Crippen molar-refractivity contribution >= 4 is 15.8 Å². The first kappa shape index (κ1) is 13.4. The largest absolute Gasteiger partial charge is 0.469 e. The number of methoxy groups -OCH3 is 2. The van der Waals surface area contributed by atoms with Crippen molar-refractivity contribution in [3.8, 4) is 0 Å². The maximum Gasteiger partial charge on any atom is 0.306 e. The van der Waals surface area contributed by atoms with Gasteiger partial charge in [-0.2, -0.15) is 0 Å². The van der Waals surface area contributed by atoms with E-state index < -0.39 is 15.8 Å². The van der Waals surface area contributed by atoms with Gasteiger partial charge in [-0.3, -0.25) is 4.79 Å². The Morgan fingerprint density at radius 1 is 1.21 bits per heavy atom. The standard InChI is InChI=1S/C8H16O5S/c1-12-5-3-6-14(10,11)7-4-8(9)13-2/h3-7H2,1-2H3. The van der Waals surface area contributed by atoms with E-state index in [0.717, 1.165) is 0 Å². The summed E-state index contributed by atoms with van der Waals surface area (Å²) in [5, 5.41) is 0. The van der Waals surface area contributed by atoms with Gasteiger partial charge in [-0.05, 0) is 6.42 Å². The van der Waals surface area contributed by atoms with Gasteiger partial charge < -0.3 is 9.47 Å². The fraction of sp³-hybridized carbons (Fsp3) is 0.875. The third-order valence-electron chi connectivity index (χ3n) is 1.65. The summed E-state index contributed by atoms with van der Waals surface area (Å²) in [4.78, 5) is 10.7. The highest BCUT2D eigenvalue weighted by molar-refractivity contribution is 7.91. The van der Waals surface area contributed by atoms with Crippen LogP contribution in [0.3, 0.4) is 0 Å². The summed E-state index contributed by atoms with van der Waals surface area (Å²) >= 11 is 0. The Balaban J connectivity index is 3.78. The summed E-state index contributed by atoms with van der Waals surface area (Å²) in [6.45, 7) is 0.414. The second-order valence-corrected chi connectivity index (χ2v) is 5.13. The molecule has 0 aromatic rings. The Hall–Kier alpha value is -0.620. The zero-order chi connectivity index (χ0) is 11.0. The fourth-order valence-electron chi connectivity index (χ4n) is 0.866. The van der Waals surface area contributed by atoms with Gasteiger partial charge in [0.2, 0.25) is 0 Å². The van der Waals surface area contributed by atoms with E-state index in [4.69, 9.17) is 4.74 Å². The van der Waals surface area contributed by atoms with Gasteiger partial charge in [0, 0.05) is 13.7 Å². The van der Waals surface area contributed by atoms with Crippen molar-refractivity contribution in [2.24, 2.45) is 0 Å². The first-order valence-electron chi connectivity index (χ1n) is 4.28. The molecule has 0 aromatic heterocycles. The zero-order valence-corrected chi connectivity index (χ0v) is 9.30. The van der Waals surface area contributed by atoms with Gasteiger partial charge in [-0.15, -0.1) is 0 Å². The van der Waals surface area contributed by atoms with Gasteiger partial charge in [-0.1, -0.05) is 0 Å². The number of sulfone groups is 1. The molecule has 0 bridgehead atoms. The molecule has 0 fully saturated rings. The van der Waals surface area contributed by atoms with E-state index in [1.54, 1.807) is 0 Å². The number of rotatable bonds is 7. The summed E-state index contributed by atoms with van der Waals surface area (Å²) in [5.74, 6) is -0.596. The van der Waals surface area contributed by atoms with Crippen LogP contribution >= 0.6 is 0 Å². The van der Waals surface area contributed by atoms with Crippen LogP contribution in [-0.4, -0.2) is 46.7 Å². The Morgan fingerprint density at radius 2 is 1.86 bits per heavy atom. The molecule has 5 nitrogen and oxygen atoms in total. The molecule has 0 radical (unpaired) electrons. The monoisotopic (exact) mass is 224 g/mol. The quantitative estimate of drug-likeness (QED) is 0.450. The molecule has 84 valence electrons. The van der Waals surface area contributed by atoms with Crippen molar-refractivity contribution in [1.29, 1.82) is 0 Å². The van der Waals surface area contributed by atoms with E-state index in [-0.39, 0.29) is 17.9 Å². The minimum absolute atomic E-state index is 0.0534. The van der Waals surface area contributed by atoms with Crippen molar-refractivity contribution < 1.29 is 22.7 Å². The Morgan fingerprint density at radius 3 is 2.36 bits per heavy atom. The minimum atomic E-state index is -3.14. The molecule has 0 unspecified atom stereocenters. The third-order valence-corrected chi connectivity index (χ3v) is 3.39. The summed E-state index contributed by atoms with van der Waals surface area (Å²) < 4.78 is 31.6. The van der Waals surface area contributed by atoms with Crippen LogP contribution in [0.1, 0.15) is 12.8 Å². The molecule has 0 aliphatic carbocycles. The van der Waals surface area contributed by atoms with Crippen LogP contribution in [0.2, 0.25) is 0 Å². The lowest BCUT2D eigenvalue weighted by Crippen LogP contribution is -2.16. The van der Waals surface area contributed by atoms with E-state index >= 15 is 0 Å². The van der Waals surface area contributed by atoms with Crippen LogP contribution < -0.4 is 0 Å². The second kappa shape index (κ2) is 6.78. The highest BCUT2D eigenvalue weighted by Gasteiger charge is 2.13. The molecule has 0 amide bonds. The number of esters is 1. The van der Waals surface area contributed by atoms with Crippen molar-refractivity contribution in [2.75, 3.05) is 32.3 Å². The SMILES string of the molecule is COCCCS(=O)(=O)CCC(=O)OC. The molecular weight excluding hydrogens is 208 g/mol. The highest BCUT2D eigenvalue weighted by atomic mass is 32.2. The highest BCUT2D eigenvalue weighted by Crippen LogP contribution is 1.98. The molecule has 0 aromatic carbocycles. The van der Waals surface area contributed by atoms with Gasteiger partial charge in [0.1, 0.15) is 0 Å². The Bertz CT molecular complexity index is 257. The van der Waals surface area contributed by atoms with E-state index in [1.165, 1.54) is 14.2 Å². The van der Waals surface area contributed by atoms with Crippen LogP contribution in [0.15, 0.2) is 0 Å². The van der Waals surface area contributed by atoms with Gasteiger partial charge in [0.25, 0.3) is 0 Å². The number of ether oxygens (including phenoxy) is 2. The summed E-state index contributed by atoms with van der Waals surface area (Å²) in [5.41, 5.74) is 0. The van der Waals surface area contributed by atoms with E-state index in [2.05, 4.69) is 4.74 Å². The summed E-state index contributed by atoms with van der Waals surface area (Å²) in [6.07, 6.45) is 0.381. The van der Waals surface area contributed by atoms with Gasteiger partial charge >= 0.3 is 5.97 Å². The number of hydrogen-bond donors (Lipinski definition) is 0. The molecule has 0 saturated carbocycles. The lowest BCUT2D eigenvalue weighted by molar-refractivity contribution is -0.140. The molecule has 0 saturated heterocycles. The predicted molar refractivity (Wildman–Crippen MR) is 51.8 cm³/mol. The second-order valence-electron chi connectivity index (χ2n) is 2.82. The van der Waals surface area contributed by atoms with Crippen molar-refractivity contribution in [3.63, 3.8) is 0 Å². The molecule has 0 N–H and O–H groups in total. The van der Waals surface area contributed by atoms with Crippen LogP contribution in [0.5, 0.6) is 0 Å². The first-order chi connectivity index (χ1) is 6.52. The average Bonchev–Trinajstić information content (AvgIpc) is 2.14. The van der Waals surface area contributed by atoms with Crippen LogP contribution in [-0.2, 0) is 24.1 Å². The maximum atomic E-state index is 11.3. The normalized spacial score (nSPS) is 11.3. The zero-order valence-electron chi connectivity index (χ0n) is 8.49. The lowest BCUT2D eigenvalue weighted by Gasteiger charge is -2.02. The predicted octanol–water partition coefficient (Wildman–Crippen LogP) is 0.000800. The molecular formula is C8H16O5S. The first-order valence-corrected chi connectivity index (χ1v) is 6.10. The lowest BCUT2D eigenvalue weighted by atomic mass is 10.5. The van der Waals surface area contributed by atoms with Crippen LogP contribution in [0.4, 0.5) is 0 Å². The maximum absolute atomic E-state index is 11.3. The number of hydrogen-bond acceptors (Lipinski definition) is 5. The van der Waals surface area contributed by atoms with Crippen LogP contribution in [0, 0.1) is 0 Å². The fourth-order valence-corrected chi connectivity index (χ4v) is 2.11. The molecule has 0 atom stereocenters. The summed E-state index contributed by atoms with van der Waals surface area (Å²) in [7, 11) is -0.389. The van der Waals surface area contributed by atoms with E-state index in [0.29, 0.717) is 13.0 Å². The minimum Gasteiger partial charge on any atom is -0.469 e. The smallest absolute Gasteiger partial charge is 0.306 e. The van der Waals surface area contributed by atoms with E-state index in [9.17, 15) is 13.2 Å². The van der Waals surface area contributed by atoms with Gasteiger partial charge in [-0.25, -0.2) is 8.42 Å². The van der Waals surface area contributed by atoms with Crippen molar-refractivity contribution in [3.05, 3.63) is 0 Å². The molecule has 0 aliphatic rings. The van der Waals surface area contributed by atoms with Crippen molar-refractivity contribution in [2.45, 2.75) is 12.8 Å². The average molecular weight is 224 g/mol. The van der Waals surface area contributed by atoms with Crippen molar-refractivity contribution in [1.82, 2.24) is 0 Å². The van der Waals surface area contributed by atoms with Gasteiger partial charge in [0.05, 0.1) is 25.0 Å². The van der Waals surface area contributed by atoms with Gasteiger partial charge in [0.15, 0.2) is 9.84 Å². The Kier molecular flexibility index (Phi) is 6.48. The molecule has 0 aliphatic heterocycles. The van der Waals surface area contributed by atoms with E-state index in [1.807, 2.05) is 0 Å². The molecule has 14 heavy (non-hydrogen) atoms. The third kappa shape index (κ3) is 6.85. The molecule has 6 heteroatoms. The summed E-state index contributed by atoms with van der Waals surface area (Å²) in [6, 6.07) is 0. The topological polar surface area (TPSA) is 69.7 Å².